The zero-order valence-electron chi connectivity index (χ0n) is 24.7. The van der Waals surface area contributed by atoms with Crippen LogP contribution in [-0.2, 0) is 13.5 Å². The number of fused-ring (bicyclic) bond motifs is 2. The van der Waals surface area contributed by atoms with Gasteiger partial charge in [-0.2, -0.15) is 18.3 Å². The van der Waals surface area contributed by atoms with E-state index in [0.29, 0.717) is 29.1 Å². The van der Waals surface area contributed by atoms with Crippen LogP contribution in [0, 0.1) is 5.92 Å². The number of anilines is 1. The molecule has 2 fully saturated rings. The lowest BCUT2D eigenvalue weighted by Crippen LogP contribution is -2.57. The summed E-state index contributed by atoms with van der Waals surface area (Å²) in [5.41, 5.74) is 11.3. The zero-order valence-corrected chi connectivity index (χ0v) is 24.7. The number of nitrogens with two attached hydrogens (primary N) is 1. The molecule has 44 heavy (non-hydrogen) atoms. The topological polar surface area (TPSA) is 106 Å². The predicted octanol–water partition coefficient (Wildman–Crippen LogP) is 5.45. The maximum absolute atomic E-state index is 13.7. The summed E-state index contributed by atoms with van der Waals surface area (Å²) in [6.45, 7) is 0.339. The summed E-state index contributed by atoms with van der Waals surface area (Å²) in [6, 6.07) is 7.25. The first-order valence-corrected chi connectivity index (χ1v) is 15.6. The van der Waals surface area contributed by atoms with E-state index in [0.717, 1.165) is 56.3 Å². The number of nitrogens with zero attached hydrogens (tertiary/aromatic N) is 6. The van der Waals surface area contributed by atoms with Crippen LogP contribution in [-0.4, -0.2) is 59.9 Å². The second kappa shape index (κ2) is 11.2. The molecule has 2 aliphatic carbocycles. The van der Waals surface area contributed by atoms with Gasteiger partial charge in [-0.1, -0.05) is 25.0 Å². The monoisotopic (exact) mass is 606 g/mol. The molecule has 9 nitrogen and oxygen atoms in total. The van der Waals surface area contributed by atoms with Crippen molar-refractivity contribution < 1.29 is 18.0 Å². The van der Waals surface area contributed by atoms with E-state index < -0.39 is 18.3 Å². The molecule has 12 heteroatoms. The van der Waals surface area contributed by atoms with Crippen molar-refractivity contribution in [2.75, 3.05) is 12.3 Å². The molecular weight excluding hydrogens is 569 g/mol. The number of imidazole rings is 1. The van der Waals surface area contributed by atoms with E-state index in [1.165, 1.54) is 11.3 Å². The second-order valence-electron chi connectivity index (χ2n) is 12.5. The number of likely N-dealkylation sites (tertiary alicyclic amines) is 1. The molecule has 1 saturated carbocycles. The predicted molar refractivity (Wildman–Crippen MR) is 160 cm³/mol. The number of amides is 1. The molecule has 4 heterocycles. The van der Waals surface area contributed by atoms with Gasteiger partial charge in [0, 0.05) is 60.3 Å². The highest BCUT2D eigenvalue weighted by Crippen LogP contribution is 2.40. The lowest BCUT2D eigenvalue weighted by molar-refractivity contribution is -0.192. The number of nitrogen functional groups attached to an aromatic ring is 1. The van der Waals surface area contributed by atoms with Crippen molar-refractivity contribution in [3.05, 3.63) is 65.5 Å². The number of alkyl halides is 3. The van der Waals surface area contributed by atoms with E-state index in [2.05, 4.69) is 20.3 Å². The Morgan fingerprint density at radius 2 is 1.84 bits per heavy atom. The molecule has 1 aliphatic heterocycles. The minimum absolute atomic E-state index is 0.0550. The van der Waals surface area contributed by atoms with Crippen LogP contribution in [0.15, 0.2) is 42.9 Å². The highest BCUT2D eigenvalue weighted by Gasteiger charge is 2.46. The van der Waals surface area contributed by atoms with Crippen molar-refractivity contribution in [2.45, 2.75) is 82.1 Å². The van der Waals surface area contributed by atoms with Gasteiger partial charge < -0.3 is 11.1 Å². The molecule has 1 amide bonds. The molecule has 3 N–H and O–H groups in total. The molecule has 0 radical (unpaired) electrons. The lowest BCUT2D eigenvalue weighted by atomic mass is 9.86. The Bertz CT molecular complexity index is 1670. The number of piperidine rings is 1. The Kier molecular flexibility index (Phi) is 7.34. The Hall–Kier alpha value is -3.93. The number of hydrogen-bond acceptors (Lipinski definition) is 6. The van der Waals surface area contributed by atoms with Crippen molar-refractivity contribution >= 4 is 17.2 Å². The minimum atomic E-state index is -4.27. The molecule has 1 saturated heterocycles. The van der Waals surface area contributed by atoms with Gasteiger partial charge in [-0.15, -0.1) is 0 Å². The van der Waals surface area contributed by atoms with Gasteiger partial charge in [0.15, 0.2) is 0 Å². The average molecular weight is 607 g/mol. The van der Waals surface area contributed by atoms with Crippen LogP contribution >= 0.6 is 0 Å². The summed E-state index contributed by atoms with van der Waals surface area (Å²) < 4.78 is 44.9. The normalized spacial score (nSPS) is 23.2. The quantitative estimate of drug-likeness (QED) is 0.313. The minimum Gasteiger partial charge on any atom is -0.382 e. The highest BCUT2D eigenvalue weighted by molar-refractivity contribution is 5.95. The van der Waals surface area contributed by atoms with Crippen LogP contribution < -0.4 is 11.1 Å². The molecule has 3 aliphatic rings. The number of rotatable bonds is 5. The summed E-state index contributed by atoms with van der Waals surface area (Å²) >= 11 is 0. The van der Waals surface area contributed by atoms with Gasteiger partial charge in [0.05, 0.1) is 18.3 Å². The molecule has 3 aromatic heterocycles. The third kappa shape index (κ3) is 5.12. The average Bonchev–Trinajstić information content (AvgIpc) is 3.77. The van der Waals surface area contributed by atoms with Gasteiger partial charge >= 0.3 is 6.18 Å². The Labute approximate surface area is 253 Å². The van der Waals surface area contributed by atoms with Crippen molar-refractivity contribution in [1.29, 1.82) is 0 Å². The van der Waals surface area contributed by atoms with Crippen LogP contribution in [0.5, 0.6) is 0 Å². The van der Waals surface area contributed by atoms with E-state index in [1.54, 1.807) is 18.3 Å². The van der Waals surface area contributed by atoms with Gasteiger partial charge in [-0.25, -0.2) is 9.97 Å². The van der Waals surface area contributed by atoms with Crippen molar-refractivity contribution in [1.82, 2.24) is 34.4 Å². The van der Waals surface area contributed by atoms with Crippen LogP contribution in [0.4, 0.5) is 19.0 Å². The number of carbonyl (C=O) groups excluding carboxylic acids is 1. The van der Waals surface area contributed by atoms with Crippen LogP contribution in [0.1, 0.15) is 84.7 Å². The lowest BCUT2D eigenvalue weighted by Gasteiger charge is -2.43. The smallest absolute Gasteiger partial charge is 0.382 e. The Morgan fingerprint density at radius 3 is 2.59 bits per heavy atom. The van der Waals surface area contributed by atoms with Gasteiger partial charge in [-0.05, 0) is 57.1 Å². The number of nitrogens with one attached hydrogen (secondary N) is 1. The van der Waals surface area contributed by atoms with Gasteiger partial charge in [-0.3, -0.25) is 18.8 Å². The number of benzene rings is 1. The van der Waals surface area contributed by atoms with E-state index >= 15 is 0 Å². The fraction of sp³-hybridized carbons (Fsp3) is 0.500. The summed E-state index contributed by atoms with van der Waals surface area (Å²) in [6.07, 6.45) is 7.48. The summed E-state index contributed by atoms with van der Waals surface area (Å²) in [5, 5.41) is 7.44. The molecule has 4 aromatic rings. The molecule has 7 rings (SSSR count). The van der Waals surface area contributed by atoms with Crippen molar-refractivity contribution in [3.63, 3.8) is 0 Å². The number of halogens is 3. The van der Waals surface area contributed by atoms with Gasteiger partial charge in [0.2, 0.25) is 0 Å². The van der Waals surface area contributed by atoms with Gasteiger partial charge in [0.25, 0.3) is 5.91 Å². The van der Waals surface area contributed by atoms with Crippen molar-refractivity contribution in [3.8, 4) is 11.3 Å². The SMILES string of the molecule is Cn1ncc2c1CCC[C@@H]2c1nc(-c2ccc(C(=O)NC3CC(C(F)(F)F)CCN3C3CCCC3)cc2)c2c(N)nccn12. The largest absolute Gasteiger partial charge is 0.391 e. The molecule has 1 aromatic carbocycles. The number of carbonyl (C=O) groups is 1. The maximum atomic E-state index is 13.7. The highest BCUT2D eigenvalue weighted by atomic mass is 19.4. The Morgan fingerprint density at radius 1 is 1.07 bits per heavy atom. The Balaban J connectivity index is 1.16. The van der Waals surface area contributed by atoms with Crippen LogP contribution in [0.2, 0.25) is 0 Å². The fourth-order valence-corrected chi connectivity index (χ4v) is 7.62. The second-order valence-corrected chi connectivity index (χ2v) is 12.5. The first kappa shape index (κ1) is 28.8. The van der Waals surface area contributed by atoms with Crippen molar-refractivity contribution in [2.24, 2.45) is 13.0 Å². The number of aromatic nitrogens is 5. The standard InChI is InChI=1S/C32H37F3N8O/c1-41-25-8-4-7-23(24(25)18-38-41)30-40-27(28-29(36)37-14-16-43(28)30)19-9-11-20(12-10-19)31(44)39-26-17-21(32(33,34)35)13-15-42(26)22-5-2-3-6-22/h9-12,14,16,18,21-23,26H,2-8,13,15,17H2,1H3,(H2,36,37)(H,39,44)/t21?,23-,26?/m0/s1. The van der Waals surface area contributed by atoms with Crippen LogP contribution in [0.25, 0.3) is 16.8 Å². The molecular formula is C32H37F3N8O. The van der Waals surface area contributed by atoms with Crippen LogP contribution in [0.3, 0.4) is 0 Å². The molecule has 0 bridgehead atoms. The van der Waals surface area contributed by atoms with E-state index in [-0.39, 0.29) is 30.7 Å². The number of hydrogen-bond donors (Lipinski definition) is 2. The number of aryl methyl sites for hydroxylation is 1. The molecule has 2 unspecified atom stereocenters. The fourth-order valence-electron chi connectivity index (χ4n) is 7.62. The summed E-state index contributed by atoms with van der Waals surface area (Å²) in [4.78, 5) is 24.9. The summed E-state index contributed by atoms with van der Waals surface area (Å²) in [5.74, 6) is -0.519. The third-order valence-electron chi connectivity index (χ3n) is 9.92. The zero-order chi connectivity index (χ0) is 30.6. The van der Waals surface area contributed by atoms with E-state index in [9.17, 15) is 18.0 Å². The molecule has 3 atom stereocenters. The maximum Gasteiger partial charge on any atom is 0.391 e. The third-order valence-corrected chi connectivity index (χ3v) is 9.92. The van der Waals surface area contributed by atoms with Gasteiger partial charge in [0.1, 0.15) is 22.9 Å². The molecule has 0 spiro atoms. The summed E-state index contributed by atoms with van der Waals surface area (Å²) in [7, 11) is 1.96. The first-order chi connectivity index (χ1) is 21.2. The first-order valence-electron chi connectivity index (χ1n) is 15.6. The van der Waals surface area contributed by atoms with E-state index in [4.69, 9.17) is 10.7 Å². The molecule has 232 valence electrons. The van der Waals surface area contributed by atoms with E-state index in [1.807, 2.05) is 40.7 Å².